The fraction of sp³-hybridized carbons (Fsp3) is 0.562. The minimum Gasteiger partial charge on any atom is -0.444 e. The molecule has 0 spiro atoms. The van der Waals surface area contributed by atoms with Crippen LogP contribution in [0.2, 0.25) is 0 Å². The second-order valence-electron chi connectivity index (χ2n) is 6.41. The second kappa shape index (κ2) is 6.35. The summed E-state index contributed by atoms with van der Waals surface area (Å²) in [6, 6.07) is 8.26. The summed E-state index contributed by atoms with van der Waals surface area (Å²) in [5.74, 6) is 0. The van der Waals surface area contributed by atoms with E-state index in [1.165, 1.54) is 0 Å². The minimum absolute atomic E-state index is 0.116. The summed E-state index contributed by atoms with van der Waals surface area (Å²) in [5.41, 5.74) is 7.62. The first-order valence-corrected chi connectivity index (χ1v) is 7.41. The third-order valence-electron chi connectivity index (χ3n) is 3.46. The van der Waals surface area contributed by atoms with Crippen molar-refractivity contribution in [2.45, 2.75) is 45.4 Å². The number of nitrogens with one attached hydrogen (secondary N) is 1. The van der Waals surface area contributed by atoms with E-state index in [1.807, 2.05) is 39.0 Å². The first-order valence-electron chi connectivity index (χ1n) is 7.41. The molecule has 1 aromatic carbocycles. The van der Waals surface area contributed by atoms with Gasteiger partial charge in [0.2, 0.25) is 0 Å². The molecule has 1 unspecified atom stereocenters. The Kier molecular flexibility index (Phi) is 4.73. The van der Waals surface area contributed by atoms with E-state index in [-0.39, 0.29) is 12.1 Å². The lowest BCUT2D eigenvalue weighted by Gasteiger charge is -2.23. The van der Waals surface area contributed by atoms with E-state index in [1.54, 1.807) is 0 Å². The molecule has 1 saturated heterocycles. The fourth-order valence-electron chi connectivity index (χ4n) is 2.56. The van der Waals surface area contributed by atoms with E-state index in [0.717, 1.165) is 30.8 Å². The molecule has 3 N–H and O–H groups in total. The Hall–Kier alpha value is -1.75. The van der Waals surface area contributed by atoms with Crippen LogP contribution in [0, 0.1) is 0 Å². The first-order chi connectivity index (χ1) is 9.89. The van der Waals surface area contributed by atoms with Crippen LogP contribution in [0.1, 0.15) is 32.8 Å². The van der Waals surface area contributed by atoms with Crippen LogP contribution >= 0.6 is 0 Å². The van der Waals surface area contributed by atoms with Gasteiger partial charge >= 0.3 is 6.09 Å². The monoisotopic (exact) mass is 291 g/mol. The van der Waals surface area contributed by atoms with Gasteiger partial charge in [0.1, 0.15) is 5.60 Å². The van der Waals surface area contributed by atoms with Gasteiger partial charge in [-0.1, -0.05) is 18.2 Å². The van der Waals surface area contributed by atoms with Crippen LogP contribution in [0.4, 0.5) is 10.5 Å². The number of rotatable bonds is 3. The number of nitrogens with zero attached hydrogens (tertiary/aromatic N) is 1. The van der Waals surface area contributed by atoms with Crippen LogP contribution in [0.15, 0.2) is 24.3 Å². The largest absolute Gasteiger partial charge is 0.444 e. The van der Waals surface area contributed by atoms with E-state index in [9.17, 15) is 4.79 Å². The van der Waals surface area contributed by atoms with Crippen LogP contribution in [0.5, 0.6) is 0 Å². The van der Waals surface area contributed by atoms with Crippen molar-refractivity contribution >= 4 is 11.8 Å². The van der Waals surface area contributed by atoms with Crippen molar-refractivity contribution in [2.75, 3.05) is 18.0 Å². The Morgan fingerprint density at radius 3 is 2.81 bits per heavy atom. The molecular weight excluding hydrogens is 266 g/mol. The van der Waals surface area contributed by atoms with Crippen molar-refractivity contribution in [1.29, 1.82) is 0 Å². The molecular formula is C16H25N3O2. The summed E-state index contributed by atoms with van der Waals surface area (Å²) in [6.07, 6.45) is 0.569. The maximum atomic E-state index is 11.8. The lowest BCUT2D eigenvalue weighted by Crippen LogP contribution is -2.40. The molecule has 5 heteroatoms. The molecule has 1 atom stereocenters. The van der Waals surface area contributed by atoms with Crippen molar-refractivity contribution in [2.24, 2.45) is 5.73 Å². The van der Waals surface area contributed by atoms with Gasteiger partial charge in [-0.25, -0.2) is 4.79 Å². The number of hydrogen-bond donors (Lipinski definition) is 2. The third-order valence-corrected chi connectivity index (χ3v) is 3.46. The highest BCUT2D eigenvalue weighted by molar-refractivity contribution is 5.68. The molecule has 1 aliphatic heterocycles. The number of para-hydroxylation sites is 1. The molecule has 5 nitrogen and oxygen atoms in total. The number of carbonyl (C=O) groups is 1. The van der Waals surface area contributed by atoms with Crippen molar-refractivity contribution < 1.29 is 9.53 Å². The number of anilines is 1. The lowest BCUT2D eigenvalue weighted by atomic mass is 10.1. The number of ether oxygens (including phenoxy) is 1. The van der Waals surface area contributed by atoms with Gasteiger partial charge < -0.3 is 20.7 Å². The van der Waals surface area contributed by atoms with Crippen LogP contribution < -0.4 is 16.0 Å². The summed E-state index contributed by atoms with van der Waals surface area (Å²) in [4.78, 5) is 14.1. The summed E-state index contributed by atoms with van der Waals surface area (Å²) >= 11 is 0. The van der Waals surface area contributed by atoms with Crippen molar-refractivity contribution in [3.8, 4) is 0 Å². The zero-order chi connectivity index (χ0) is 15.5. The molecule has 0 aromatic heterocycles. The molecule has 0 radical (unpaired) electrons. The normalized spacial score (nSPS) is 18.7. The topological polar surface area (TPSA) is 67.6 Å². The Morgan fingerprint density at radius 2 is 2.14 bits per heavy atom. The number of alkyl carbamates (subject to hydrolysis) is 1. The predicted octanol–water partition coefficient (Wildman–Crippen LogP) is 2.25. The maximum absolute atomic E-state index is 11.8. The van der Waals surface area contributed by atoms with Crippen molar-refractivity contribution in [3.63, 3.8) is 0 Å². The SMILES string of the molecule is CC(C)(C)OC(=O)NC1CCN(c2ccccc2CN)C1. The van der Waals surface area contributed by atoms with Gasteiger partial charge in [0.05, 0.1) is 6.04 Å². The number of nitrogens with two attached hydrogens (primary N) is 1. The summed E-state index contributed by atoms with van der Waals surface area (Å²) in [5, 5.41) is 2.94. The Morgan fingerprint density at radius 1 is 1.43 bits per heavy atom. The average molecular weight is 291 g/mol. The zero-order valence-corrected chi connectivity index (χ0v) is 13.1. The second-order valence-corrected chi connectivity index (χ2v) is 6.41. The standard InChI is InChI=1S/C16H25N3O2/c1-16(2,3)21-15(20)18-13-8-9-19(11-13)14-7-5-4-6-12(14)10-17/h4-7,13H,8-11,17H2,1-3H3,(H,18,20). The van der Waals surface area contributed by atoms with Crippen LogP contribution in [-0.2, 0) is 11.3 Å². The maximum Gasteiger partial charge on any atom is 0.407 e. The number of hydrogen-bond acceptors (Lipinski definition) is 4. The molecule has 1 heterocycles. The molecule has 21 heavy (non-hydrogen) atoms. The van der Waals surface area contributed by atoms with E-state index < -0.39 is 5.60 Å². The zero-order valence-electron chi connectivity index (χ0n) is 13.1. The highest BCUT2D eigenvalue weighted by Gasteiger charge is 2.26. The fourth-order valence-corrected chi connectivity index (χ4v) is 2.56. The Balaban J connectivity index is 1.93. The Bertz CT molecular complexity index is 497. The summed E-state index contributed by atoms with van der Waals surface area (Å²) in [6.45, 7) is 7.83. The molecule has 1 amide bonds. The van der Waals surface area contributed by atoms with Gasteiger partial charge in [-0.05, 0) is 38.8 Å². The van der Waals surface area contributed by atoms with E-state index >= 15 is 0 Å². The number of benzene rings is 1. The molecule has 0 bridgehead atoms. The predicted molar refractivity (Wildman–Crippen MR) is 84.3 cm³/mol. The van der Waals surface area contributed by atoms with Gasteiger partial charge in [0.15, 0.2) is 0 Å². The quantitative estimate of drug-likeness (QED) is 0.896. The number of amides is 1. The van der Waals surface area contributed by atoms with E-state index in [2.05, 4.69) is 16.3 Å². The van der Waals surface area contributed by atoms with Gasteiger partial charge in [0, 0.05) is 25.3 Å². The molecule has 1 fully saturated rings. The Labute approximate surface area is 126 Å². The minimum atomic E-state index is -0.464. The van der Waals surface area contributed by atoms with Gasteiger partial charge in [-0.15, -0.1) is 0 Å². The molecule has 116 valence electrons. The van der Waals surface area contributed by atoms with Crippen molar-refractivity contribution in [3.05, 3.63) is 29.8 Å². The molecule has 1 aliphatic rings. The smallest absolute Gasteiger partial charge is 0.407 e. The van der Waals surface area contributed by atoms with Crippen LogP contribution in [0.3, 0.4) is 0 Å². The number of carbonyl (C=O) groups excluding carboxylic acids is 1. The van der Waals surface area contributed by atoms with E-state index in [0.29, 0.717) is 6.54 Å². The summed E-state index contributed by atoms with van der Waals surface area (Å²) < 4.78 is 5.30. The van der Waals surface area contributed by atoms with Crippen LogP contribution in [-0.4, -0.2) is 30.8 Å². The molecule has 0 aliphatic carbocycles. The van der Waals surface area contributed by atoms with Gasteiger partial charge in [-0.3, -0.25) is 0 Å². The first kappa shape index (κ1) is 15.6. The van der Waals surface area contributed by atoms with Gasteiger partial charge in [-0.2, -0.15) is 0 Å². The lowest BCUT2D eigenvalue weighted by molar-refractivity contribution is 0.0509. The average Bonchev–Trinajstić information content (AvgIpc) is 2.84. The van der Waals surface area contributed by atoms with E-state index in [4.69, 9.17) is 10.5 Å². The highest BCUT2D eigenvalue weighted by atomic mass is 16.6. The van der Waals surface area contributed by atoms with Crippen molar-refractivity contribution in [1.82, 2.24) is 5.32 Å². The summed E-state index contributed by atoms with van der Waals surface area (Å²) in [7, 11) is 0. The molecule has 1 aromatic rings. The highest BCUT2D eigenvalue weighted by Crippen LogP contribution is 2.24. The third kappa shape index (κ3) is 4.36. The van der Waals surface area contributed by atoms with Gasteiger partial charge in [0.25, 0.3) is 0 Å². The molecule has 0 saturated carbocycles. The molecule has 2 rings (SSSR count). The van der Waals surface area contributed by atoms with Crippen LogP contribution in [0.25, 0.3) is 0 Å².